The first-order chi connectivity index (χ1) is 13.1. The van der Waals surface area contributed by atoms with Gasteiger partial charge < -0.3 is 20.1 Å². The fourth-order valence-electron chi connectivity index (χ4n) is 2.70. The number of nitrogens with one attached hydrogen (secondary N) is 2. The second-order valence-corrected chi connectivity index (χ2v) is 8.27. The second-order valence-electron chi connectivity index (χ2n) is 6.17. The van der Waals surface area contributed by atoms with E-state index in [1.807, 2.05) is 6.20 Å². The first kappa shape index (κ1) is 19.7. The third-order valence-electron chi connectivity index (χ3n) is 4.22. The Morgan fingerprint density at radius 2 is 2.00 bits per heavy atom. The molecule has 2 heterocycles. The van der Waals surface area contributed by atoms with Crippen molar-refractivity contribution in [2.45, 2.75) is 17.9 Å². The zero-order valence-electron chi connectivity index (χ0n) is 15.3. The lowest BCUT2D eigenvalue weighted by Crippen LogP contribution is -2.25. The fourth-order valence-corrected chi connectivity index (χ4v) is 3.82. The largest absolute Gasteiger partial charge is 0.382 e. The number of anilines is 2. The maximum absolute atomic E-state index is 12.3. The maximum atomic E-state index is 12.3. The molecule has 1 aliphatic rings. The highest BCUT2D eigenvalue weighted by Gasteiger charge is 2.15. The smallest absolute Gasteiger partial charge is 0.227 e. The molecular formula is C18H24N4O4S. The standard InChI is InChI=1S/C18H24N4O4S/c1-25-8-9-26-10-11-27(23,24)16-4-2-15(3-5-16)21-18-20-12-14-6-7-19-13-17(14)22-18/h2-5,12,19H,6-11,13H2,1H3,(H,20,21,22). The van der Waals surface area contributed by atoms with Gasteiger partial charge in [-0.25, -0.2) is 18.4 Å². The third kappa shape index (κ3) is 5.46. The lowest BCUT2D eigenvalue weighted by atomic mass is 10.1. The van der Waals surface area contributed by atoms with Crippen LogP contribution in [0.4, 0.5) is 11.6 Å². The molecule has 3 rings (SSSR count). The zero-order chi connectivity index (χ0) is 19.1. The van der Waals surface area contributed by atoms with E-state index in [1.165, 1.54) is 0 Å². The molecule has 0 radical (unpaired) electrons. The summed E-state index contributed by atoms with van der Waals surface area (Å²) in [4.78, 5) is 9.11. The Morgan fingerprint density at radius 3 is 2.78 bits per heavy atom. The molecule has 1 aromatic carbocycles. The molecule has 146 valence electrons. The minimum absolute atomic E-state index is 0.0651. The van der Waals surface area contributed by atoms with Crippen molar-refractivity contribution < 1.29 is 17.9 Å². The van der Waals surface area contributed by atoms with Crippen LogP contribution >= 0.6 is 0 Å². The van der Waals surface area contributed by atoms with Crippen LogP contribution in [0.1, 0.15) is 11.3 Å². The van der Waals surface area contributed by atoms with Gasteiger partial charge in [0, 0.05) is 25.5 Å². The van der Waals surface area contributed by atoms with Crippen LogP contribution in [-0.4, -0.2) is 57.6 Å². The van der Waals surface area contributed by atoms with E-state index in [0.29, 0.717) is 19.2 Å². The van der Waals surface area contributed by atoms with Crippen molar-refractivity contribution in [2.24, 2.45) is 0 Å². The topological polar surface area (TPSA) is 102 Å². The highest BCUT2D eigenvalue weighted by Crippen LogP contribution is 2.19. The molecule has 9 heteroatoms. The zero-order valence-corrected chi connectivity index (χ0v) is 16.1. The number of sulfone groups is 1. The summed E-state index contributed by atoms with van der Waals surface area (Å²) in [6.07, 6.45) is 2.77. The Morgan fingerprint density at radius 1 is 1.19 bits per heavy atom. The van der Waals surface area contributed by atoms with Crippen LogP contribution in [0.15, 0.2) is 35.4 Å². The van der Waals surface area contributed by atoms with Gasteiger partial charge in [0.15, 0.2) is 9.84 Å². The molecule has 2 N–H and O–H groups in total. The first-order valence-corrected chi connectivity index (χ1v) is 10.5. The monoisotopic (exact) mass is 392 g/mol. The predicted octanol–water partition coefficient (Wildman–Crippen LogP) is 1.30. The number of hydrogen-bond donors (Lipinski definition) is 2. The van der Waals surface area contributed by atoms with E-state index in [0.717, 1.165) is 36.5 Å². The van der Waals surface area contributed by atoms with Crippen LogP contribution in [0.25, 0.3) is 0 Å². The summed E-state index contributed by atoms with van der Waals surface area (Å²) in [5.74, 6) is 0.435. The fraction of sp³-hybridized carbons (Fsp3) is 0.444. The van der Waals surface area contributed by atoms with E-state index < -0.39 is 9.84 Å². The number of rotatable bonds is 9. The Labute approximate surface area is 159 Å². The molecule has 0 unspecified atom stereocenters. The lowest BCUT2D eigenvalue weighted by Gasteiger charge is -2.16. The molecule has 0 saturated carbocycles. The maximum Gasteiger partial charge on any atom is 0.227 e. The molecule has 2 aromatic rings. The van der Waals surface area contributed by atoms with Crippen molar-refractivity contribution in [2.75, 3.05) is 44.5 Å². The summed E-state index contributed by atoms with van der Waals surface area (Å²) in [6.45, 7) is 2.64. The molecule has 0 aliphatic carbocycles. The van der Waals surface area contributed by atoms with Crippen LogP contribution in [0, 0.1) is 0 Å². The van der Waals surface area contributed by atoms with Crippen LogP contribution in [-0.2, 0) is 32.3 Å². The second kappa shape index (κ2) is 9.23. The molecule has 1 aliphatic heterocycles. The Balaban J connectivity index is 1.60. The van der Waals surface area contributed by atoms with Crippen LogP contribution < -0.4 is 10.6 Å². The summed E-state index contributed by atoms with van der Waals surface area (Å²) in [7, 11) is -1.81. The van der Waals surface area contributed by atoms with Crippen molar-refractivity contribution in [1.82, 2.24) is 15.3 Å². The quantitative estimate of drug-likeness (QED) is 0.616. The normalized spacial score (nSPS) is 14.0. The Hall–Kier alpha value is -2.07. The van der Waals surface area contributed by atoms with Crippen LogP contribution in [0.5, 0.6) is 0 Å². The summed E-state index contributed by atoms with van der Waals surface area (Å²) in [5.41, 5.74) is 2.88. The van der Waals surface area contributed by atoms with Crippen molar-refractivity contribution in [3.63, 3.8) is 0 Å². The number of benzene rings is 1. The molecule has 0 amide bonds. The van der Waals surface area contributed by atoms with Gasteiger partial charge in [0.25, 0.3) is 0 Å². The van der Waals surface area contributed by atoms with Crippen molar-refractivity contribution >= 4 is 21.5 Å². The molecular weight excluding hydrogens is 368 g/mol. The van der Waals surface area contributed by atoms with Gasteiger partial charge in [0.2, 0.25) is 5.95 Å². The number of methoxy groups -OCH3 is 1. The molecule has 0 fully saturated rings. The van der Waals surface area contributed by atoms with Crippen LogP contribution in [0.3, 0.4) is 0 Å². The number of aromatic nitrogens is 2. The van der Waals surface area contributed by atoms with E-state index >= 15 is 0 Å². The van der Waals surface area contributed by atoms with Gasteiger partial charge in [-0.2, -0.15) is 0 Å². The molecule has 0 bridgehead atoms. The highest BCUT2D eigenvalue weighted by atomic mass is 32.2. The van der Waals surface area contributed by atoms with Crippen molar-refractivity contribution in [3.8, 4) is 0 Å². The minimum atomic E-state index is -3.38. The molecule has 0 spiro atoms. The predicted molar refractivity (Wildman–Crippen MR) is 102 cm³/mol. The summed E-state index contributed by atoms with van der Waals surface area (Å²) < 4.78 is 34.8. The molecule has 1 aromatic heterocycles. The average molecular weight is 392 g/mol. The van der Waals surface area contributed by atoms with E-state index in [9.17, 15) is 8.42 Å². The Kier molecular flexibility index (Phi) is 6.73. The van der Waals surface area contributed by atoms with E-state index in [-0.39, 0.29) is 17.3 Å². The number of fused-ring (bicyclic) bond motifs is 1. The van der Waals surface area contributed by atoms with Crippen molar-refractivity contribution in [1.29, 1.82) is 0 Å². The van der Waals surface area contributed by atoms with E-state index in [4.69, 9.17) is 9.47 Å². The van der Waals surface area contributed by atoms with Gasteiger partial charge in [0.1, 0.15) is 0 Å². The van der Waals surface area contributed by atoms with E-state index in [2.05, 4.69) is 20.6 Å². The van der Waals surface area contributed by atoms with Gasteiger partial charge in [-0.3, -0.25) is 0 Å². The minimum Gasteiger partial charge on any atom is -0.382 e. The average Bonchev–Trinajstić information content (AvgIpc) is 2.68. The van der Waals surface area contributed by atoms with Gasteiger partial charge in [-0.15, -0.1) is 0 Å². The molecule has 0 saturated heterocycles. The van der Waals surface area contributed by atoms with Crippen LogP contribution in [0.2, 0.25) is 0 Å². The van der Waals surface area contributed by atoms with Crippen molar-refractivity contribution in [3.05, 3.63) is 41.7 Å². The lowest BCUT2D eigenvalue weighted by molar-refractivity contribution is 0.0785. The third-order valence-corrected chi connectivity index (χ3v) is 5.91. The van der Waals surface area contributed by atoms with Gasteiger partial charge >= 0.3 is 0 Å². The Bertz CT molecular complexity index is 856. The first-order valence-electron chi connectivity index (χ1n) is 8.80. The summed E-state index contributed by atoms with van der Waals surface area (Å²) in [6, 6.07) is 6.57. The number of ether oxygens (including phenoxy) is 2. The number of hydrogen-bond acceptors (Lipinski definition) is 8. The highest BCUT2D eigenvalue weighted by molar-refractivity contribution is 7.91. The molecule has 8 nitrogen and oxygen atoms in total. The van der Waals surface area contributed by atoms with Gasteiger partial charge in [0.05, 0.1) is 36.2 Å². The summed E-state index contributed by atoms with van der Waals surface area (Å²) >= 11 is 0. The van der Waals surface area contributed by atoms with Gasteiger partial charge in [-0.05, 0) is 42.8 Å². The SMILES string of the molecule is COCCOCCS(=O)(=O)c1ccc(Nc2ncc3c(n2)CNCC3)cc1. The molecule has 0 atom stereocenters. The van der Waals surface area contributed by atoms with E-state index in [1.54, 1.807) is 31.4 Å². The van der Waals surface area contributed by atoms with Gasteiger partial charge in [-0.1, -0.05) is 0 Å². The number of nitrogens with zero attached hydrogens (tertiary/aromatic N) is 2. The summed E-state index contributed by atoms with van der Waals surface area (Å²) in [5, 5.41) is 6.40. The molecule has 27 heavy (non-hydrogen) atoms.